The molecule has 3 rings (SSSR count). The molecule has 1 atom stereocenters. The number of thioether (sulfide) groups is 2. The molecule has 1 aliphatic rings. The molecule has 0 aliphatic carbocycles. The van der Waals surface area contributed by atoms with Crippen LogP contribution in [0.5, 0.6) is 0 Å². The van der Waals surface area contributed by atoms with Crippen molar-refractivity contribution in [3.05, 3.63) is 47.0 Å². The summed E-state index contributed by atoms with van der Waals surface area (Å²) in [6.07, 6.45) is -8.63. The van der Waals surface area contributed by atoms with E-state index in [9.17, 15) is 44.7 Å². The van der Waals surface area contributed by atoms with Crippen molar-refractivity contribution < 1.29 is 44.7 Å². The SMILES string of the molecule is Cc1cc(F)c(N)cc1SCC(F)(F)F.Cc1cc(F)c(N2C(=O)CC(C)C2=O)cc1SCC(F)(F)F. The molecule has 37 heavy (non-hydrogen) atoms. The Hall–Kier alpha value is -2.48. The molecule has 204 valence electrons. The summed E-state index contributed by atoms with van der Waals surface area (Å²) in [5.41, 5.74) is 5.62. The van der Waals surface area contributed by atoms with Crippen molar-refractivity contribution in [2.45, 2.75) is 49.3 Å². The molecule has 2 amide bonds. The van der Waals surface area contributed by atoms with E-state index in [2.05, 4.69) is 0 Å². The van der Waals surface area contributed by atoms with Gasteiger partial charge >= 0.3 is 12.4 Å². The van der Waals surface area contributed by atoms with Crippen LogP contribution in [0.15, 0.2) is 34.1 Å². The molecule has 2 N–H and O–H groups in total. The lowest BCUT2D eigenvalue weighted by atomic mass is 10.1. The number of carbonyl (C=O) groups excluding carboxylic acids is 2. The summed E-state index contributed by atoms with van der Waals surface area (Å²) in [4.78, 5) is 25.0. The fourth-order valence-electron chi connectivity index (χ4n) is 3.15. The number of imide groups is 1. The molecule has 0 saturated carbocycles. The standard InChI is InChI=1S/C14H13F4NO2S.C9H9F4NS/c1-7-3-9(15)10(5-11(7)22-6-14(16,17)18)19-12(20)4-8(2)13(19)21;1-5-2-6(10)7(14)3-8(5)15-4-9(11,12)13/h3,5,8H,4,6H2,1-2H3;2-3H,4,14H2,1H3. The van der Waals surface area contributed by atoms with Gasteiger partial charge in [-0.25, -0.2) is 13.7 Å². The highest BCUT2D eigenvalue weighted by atomic mass is 32.2. The van der Waals surface area contributed by atoms with Gasteiger partial charge in [0, 0.05) is 22.1 Å². The van der Waals surface area contributed by atoms with Crippen LogP contribution in [0, 0.1) is 31.4 Å². The number of amides is 2. The Kier molecular flexibility index (Phi) is 9.91. The molecule has 1 aliphatic heterocycles. The Morgan fingerprint density at radius 1 is 0.865 bits per heavy atom. The number of hydrogen-bond donors (Lipinski definition) is 1. The Morgan fingerprint density at radius 3 is 1.76 bits per heavy atom. The topological polar surface area (TPSA) is 63.4 Å². The number of benzene rings is 2. The van der Waals surface area contributed by atoms with Crippen LogP contribution in [-0.2, 0) is 9.59 Å². The van der Waals surface area contributed by atoms with E-state index < -0.39 is 53.2 Å². The van der Waals surface area contributed by atoms with E-state index in [1.807, 2.05) is 0 Å². The predicted molar refractivity (Wildman–Crippen MR) is 127 cm³/mol. The number of rotatable bonds is 5. The molecule has 2 aromatic carbocycles. The first-order valence-corrected chi connectivity index (χ1v) is 12.5. The van der Waals surface area contributed by atoms with Gasteiger partial charge in [-0.3, -0.25) is 9.59 Å². The van der Waals surface area contributed by atoms with Crippen LogP contribution in [0.4, 0.5) is 46.5 Å². The molecular weight excluding hydrogens is 552 g/mol. The first-order valence-electron chi connectivity index (χ1n) is 10.5. The van der Waals surface area contributed by atoms with E-state index in [4.69, 9.17) is 5.73 Å². The molecule has 1 saturated heterocycles. The maximum atomic E-state index is 14.1. The third-order valence-corrected chi connectivity index (χ3v) is 7.38. The number of hydrogen-bond acceptors (Lipinski definition) is 5. The summed E-state index contributed by atoms with van der Waals surface area (Å²) >= 11 is 1.10. The summed E-state index contributed by atoms with van der Waals surface area (Å²) in [6.45, 7) is 4.56. The van der Waals surface area contributed by atoms with Gasteiger partial charge in [0.05, 0.1) is 22.9 Å². The van der Waals surface area contributed by atoms with Gasteiger partial charge in [0.1, 0.15) is 11.6 Å². The monoisotopic (exact) mass is 574 g/mol. The summed E-state index contributed by atoms with van der Waals surface area (Å²) in [5, 5.41) is 0. The smallest absolute Gasteiger partial charge is 0.396 e. The molecule has 14 heteroatoms. The number of aryl methyl sites for hydroxylation is 2. The summed E-state index contributed by atoms with van der Waals surface area (Å²) in [5.74, 6) is -5.18. The quantitative estimate of drug-likeness (QED) is 0.179. The average molecular weight is 575 g/mol. The normalized spacial score (nSPS) is 16.2. The number of anilines is 2. The Balaban J connectivity index is 0.000000281. The van der Waals surface area contributed by atoms with Crippen LogP contribution in [-0.4, -0.2) is 35.7 Å². The lowest BCUT2D eigenvalue weighted by Crippen LogP contribution is -2.31. The molecule has 0 spiro atoms. The second kappa shape index (κ2) is 11.9. The van der Waals surface area contributed by atoms with E-state index in [0.29, 0.717) is 39.5 Å². The van der Waals surface area contributed by atoms with Crippen molar-refractivity contribution in [3.63, 3.8) is 0 Å². The Morgan fingerprint density at radius 2 is 1.32 bits per heavy atom. The minimum atomic E-state index is -4.36. The maximum Gasteiger partial charge on any atom is 0.398 e. The van der Waals surface area contributed by atoms with Crippen LogP contribution in [0.1, 0.15) is 24.5 Å². The van der Waals surface area contributed by atoms with E-state index in [1.165, 1.54) is 13.0 Å². The lowest BCUT2D eigenvalue weighted by molar-refractivity contribution is -0.122. The fourth-order valence-corrected chi connectivity index (χ4v) is 4.77. The molecule has 1 fully saturated rings. The summed E-state index contributed by atoms with van der Waals surface area (Å²) in [6, 6.07) is 4.53. The van der Waals surface area contributed by atoms with Gasteiger partial charge in [-0.05, 0) is 49.2 Å². The van der Waals surface area contributed by atoms with Gasteiger partial charge in [-0.1, -0.05) is 6.92 Å². The zero-order valence-corrected chi connectivity index (χ0v) is 21.3. The molecule has 0 aromatic heterocycles. The predicted octanol–water partition coefficient (Wildman–Crippen LogP) is 7.06. The largest absolute Gasteiger partial charge is 0.398 e. The van der Waals surface area contributed by atoms with Crippen LogP contribution in [0.3, 0.4) is 0 Å². The maximum absolute atomic E-state index is 14.1. The van der Waals surface area contributed by atoms with Gasteiger partial charge in [0.2, 0.25) is 11.8 Å². The second-order valence-electron chi connectivity index (χ2n) is 8.19. The molecule has 0 radical (unpaired) electrons. The van der Waals surface area contributed by atoms with Crippen molar-refractivity contribution in [1.29, 1.82) is 0 Å². The minimum Gasteiger partial charge on any atom is -0.396 e. The highest BCUT2D eigenvalue weighted by Gasteiger charge is 2.38. The zero-order valence-electron chi connectivity index (χ0n) is 19.7. The number of nitrogens with two attached hydrogens (primary N) is 1. The van der Waals surface area contributed by atoms with Gasteiger partial charge in [0.15, 0.2) is 0 Å². The van der Waals surface area contributed by atoms with Crippen LogP contribution < -0.4 is 10.6 Å². The summed E-state index contributed by atoms with van der Waals surface area (Å²) < 4.78 is 99.7. The molecular formula is C23H22F8N2O2S2. The number of carbonyl (C=O) groups is 2. The van der Waals surface area contributed by atoms with Crippen LogP contribution >= 0.6 is 23.5 Å². The van der Waals surface area contributed by atoms with E-state index in [-0.39, 0.29) is 22.7 Å². The number of nitrogens with zero attached hydrogens (tertiary/aromatic N) is 1. The van der Waals surface area contributed by atoms with Crippen molar-refractivity contribution in [3.8, 4) is 0 Å². The second-order valence-corrected chi connectivity index (χ2v) is 10.2. The third kappa shape index (κ3) is 8.80. The van der Waals surface area contributed by atoms with Gasteiger partial charge < -0.3 is 5.73 Å². The van der Waals surface area contributed by atoms with E-state index in [0.717, 1.165) is 23.1 Å². The number of halogens is 8. The molecule has 0 bridgehead atoms. The van der Waals surface area contributed by atoms with Gasteiger partial charge in [-0.15, -0.1) is 23.5 Å². The van der Waals surface area contributed by atoms with Crippen molar-refractivity contribution in [2.24, 2.45) is 5.92 Å². The number of alkyl halides is 6. The van der Waals surface area contributed by atoms with Crippen LogP contribution in [0.25, 0.3) is 0 Å². The number of nitrogen functional groups attached to an aromatic ring is 1. The van der Waals surface area contributed by atoms with Crippen LogP contribution in [0.2, 0.25) is 0 Å². The van der Waals surface area contributed by atoms with E-state index in [1.54, 1.807) is 13.8 Å². The summed E-state index contributed by atoms with van der Waals surface area (Å²) in [7, 11) is 0. The zero-order chi connectivity index (χ0) is 28.3. The highest BCUT2D eigenvalue weighted by molar-refractivity contribution is 7.99. The first-order chi connectivity index (χ1) is 16.9. The van der Waals surface area contributed by atoms with Crippen molar-refractivity contribution in [1.82, 2.24) is 0 Å². The van der Waals surface area contributed by atoms with Crippen molar-refractivity contribution >= 4 is 46.7 Å². The molecule has 1 heterocycles. The van der Waals surface area contributed by atoms with E-state index >= 15 is 0 Å². The molecule has 2 aromatic rings. The Labute approximate surface area is 215 Å². The fraction of sp³-hybridized carbons (Fsp3) is 0.391. The Bertz CT molecular complexity index is 1170. The third-order valence-electron chi connectivity index (χ3n) is 4.93. The van der Waals surface area contributed by atoms with Crippen molar-refractivity contribution in [2.75, 3.05) is 22.1 Å². The van der Waals surface area contributed by atoms with Gasteiger partial charge in [0.25, 0.3) is 0 Å². The van der Waals surface area contributed by atoms with Gasteiger partial charge in [-0.2, -0.15) is 26.3 Å². The highest BCUT2D eigenvalue weighted by Crippen LogP contribution is 2.36. The minimum absolute atomic E-state index is 0.0306. The molecule has 4 nitrogen and oxygen atoms in total. The molecule has 1 unspecified atom stereocenters. The first kappa shape index (κ1) is 30.7. The lowest BCUT2D eigenvalue weighted by Gasteiger charge is -2.18. The average Bonchev–Trinajstić information content (AvgIpc) is 3.00.